The third-order valence-corrected chi connectivity index (χ3v) is 2.99. The molecule has 2 aromatic rings. The maximum atomic E-state index is 10.6. The van der Waals surface area contributed by atoms with Crippen LogP contribution in [0.2, 0.25) is 0 Å². The van der Waals surface area contributed by atoms with Gasteiger partial charge in [-0.25, -0.2) is 0 Å². The molecule has 3 N–H and O–H groups in total. The van der Waals surface area contributed by atoms with Crippen molar-refractivity contribution in [1.82, 2.24) is 15.5 Å². The Hall–Kier alpha value is -2.41. The first-order valence-corrected chi connectivity index (χ1v) is 6.28. The number of aromatic nitrogens is 2. The summed E-state index contributed by atoms with van der Waals surface area (Å²) < 4.78 is 10.9. The van der Waals surface area contributed by atoms with E-state index in [1.165, 1.54) is 0 Å². The Kier molecular flexibility index (Phi) is 3.34. The van der Waals surface area contributed by atoms with Gasteiger partial charge < -0.3 is 15.0 Å². The maximum absolute atomic E-state index is 10.6. The summed E-state index contributed by atoms with van der Waals surface area (Å²) in [7, 11) is 0. The average molecular weight is 274 g/mol. The van der Waals surface area contributed by atoms with E-state index in [0.29, 0.717) is 18.3 Å². The van der Waals surface area contributed by atoms with Gasteiger partial charge in [0.1, 0.15) is 5.75 Å². The fraction of sp³-hybridized carbons (Fsp3) is 0.308. The lowest BCUT2D eigenvalue weighted by molar-refractivity contribution is -0.117. The van der Waals surface area contributed by atoms with Crippen molar-refractivity contribution in [1.29, 1.82) is 0 Å². The van der Waals surface area contributed by atoms with Crippen LogP contribution in [0.3, 0.4) is 0 Å². The topological polar surface area (TPSA) is 103 Å². The van der Waals surface area contributed by atoms with E-state index < -0.39 is 5.91 Å². The summed E-state index contributed by atoms with van der Waals surface area (Å²) in [5.74, 6) is 1.34. The fourth-order valence-electron chi connectivity index (χ4n) is 2.09. The number of primary amides is 1. The van der Waals surface area contributed by atoms with Crippen molar-refractivity contribution >= 4 is 5.91 Å². The highest BCUT2D eigenvalue weighted by Gasteiger charge is 2.28. The molecule has 1 amide bonds. The van der Waals surface area contributed by atoms with Crippen LogP contribution in [0.4, 0.5) is 0 Å². The van der Waals surface area contributed by atoms with Crippen LogP contribution in [-0.4, -0.2) is 22.6 Å². The van der Waals surface area contributed by atoms with Gasteiger partial charge >= 0.3 is 0 Å². The number of amides is 1. The molecule has 1 aromatic carbocycles. The Morgan fingerprint density at radius 2 is 2.30 bits per heavy atom. The second-order valence-corrected chi connectivity index (χ2v) is 4.53. The highest BCUT2D eigenvalue weighted by Crippen LogP contribution is 2.35. The second kappa shape index (κ2) is 5.30. The third-order valence-electron chi connectivity index (χ3n) is 2.99. The second-order valence-electron chi connectivity index (χ2n) is 4.53. The molecule has 1 atom stereocenters. The highest BCUT2D eigenvalue weighted by atomic mass is 16.5. The Bertz CT molecular complexity index is 601. The summed E-state index contributed by atoms with van der Waals surface area (Å²) in [6, 6.07) is 7.84. The summed E-state index contributed by atoms with van der Waals surface area (Å²) in [4.78, 5) is 14.9. The smallest absolute Gasteiger partial charge is 0.240 e. The molecule has 2 heterocycles. The molecule has 3 rings (SSSR count). The van der Waals surface area contributed by atoms with E-state index >= 15 is 0 Å². The van der Waals surface area contributed by atoms with Gasteiger partial charge in [0.2, 0.25) is 17.6 Å². The summed E-state index contributed by atoms with van der Waals surface area (Å²) in [5, 5.41) is 6.72. The molecule has 7 heteroatoms. The maximum Gasteiger partial charge on any atom is 0.240 e. The van der Waals surface area contributed by atoms with Gasteiger partial charge in [-0.1, -0.05) is 23.4 Å². The lowest BCUT2D eigenvalue weighted by atomic mass is 10.1. The number of hydrogen-bond donors (Lipinski definition) is 2. The zero-order valence-electron chi connectivity index (χ0n) is 10.7. The first-order valence-electron chi connectivity index (χ1n) is 6.28. The number of hydrogen-bond acceptors (Lipinski definition) is 6. The fourth-order valence-corrected chi connectivity index (χ4v) is 2.09. The predicted octanol–water partition coefficient (Wildman–Crippen LogP) is 0.321. The molecule has 0 aliphatic carbocycles. The number of nitrogens with one attached hydrogen (secondary N) is 1. The minimum absolute atomic E-state index is 0.0725. The van der Waals surface area contributed by atoms with Crippen molar-refractivity contribution in [2.75, 3.05) is 6.54 Å². The average Bonchev–Trinajstić information content (AvgIpc) is 3.03. The molecule has 20 heavy (non-hydrogen) atoms. The van der Waals surface area contributed by atoms with E-state index in [4.69, 9.17) is 15.0 Å². The molecular weight excluding hydrogens is 260 g/mol. The van der Waals surface area contributed by atoms with E-state index in [9.17, 15) is 4.79 Å². The lowest BCUT2D eigenvalue weighted by Crippen LogP contribution is -2.28. The standard InChI is InChI=1S/C13H14N4O3/c14-11(18)6-15-7-12-16-13(17-20-12)10-5-8-3-1-2-4-9(8)19-10/h1-4,10,15H,5-7H2,(H2,14,18). The van der Waals surface area contributed by atoms with Gasteiger partial charge in [-0.2, -0.15) is 4.98 Å². The van der Waals surface area contributed by atoms with E-state index in [2.05, 4.69) is 15.5 Å². The number of para-hydroxylation sites is 1. The van der Waals surface area contributed by atoms with Gasteiger partial charge in [-0.3, -0.25) is 10.1 Å². The molecule has 1 aliphatic rings. The van der Waals surface area contributed by atoms with Crippen LogP contribution >= 0.6 is 0 Å². The Labute approximate surface area is 115 Å². The van der Waals surface area contributed by atoms with Gasteiger partial charge in [0.15, 0.2) is 6.10 Å². The summed E-state index contributed by atoms with van der Waals surface area (Å²) in [5.41, 5.74) is 6.16. The number of nitrogens with two attached hydrogens (primary N) is 1. The van der Waals surface area contributed by atoms with Gasteiger partial charge in [0.25, 0.3) is 0 Å². The monoisotopic (exact) mass is 274 g/mol. The third kappa shape index (κ3) is 2.62. The zero-order valence-corrected chi connectivity index (χ0v) is 10.7. The molecule has 0 saturated heterocycles. The number of nitrogens with zero attached hydrogens (tertiary/aromatic N) is 2. The van der Waals surface area contributed by atoms with Crippen molar-refractivity contribution in [2.45, 2.75) is 19.1 Å². The summed E-state index contributed by atoms with van der Waals surface area (Å²) in [6.07, 6.45) is 0.505. The van der Waals surface area contributed by atoms with E-state index in [1.54, 1.807) is 0 Å². The van der Waals surface area contributed by atoms with Gasteiger partial charge in [-0.05, 0) is 11.6 Å². The number of carbonyl (C=O) groups excluding carboxylic acids is 1. The first kappa shape index (κ1) is 12.6. The first-order chi connectivity index (χ1) is 9.72. The molecule has 1 unspecified atom stereocenters. The molecule has 7 nitrogen and oxygen atoms in total. The lowest BCUT2D eigenvalue weighted by Gasteiger charge is -2.04. The van der Waals surface area contributed by atoms with Crippen LogP contribution in [0, 0.1) is 0 Å². The molecule has 0 fully saturated rings. The van der Waals surface area contributed by atoms with Crippen molar-refractivity contribution in [2.24, 2.45) is 5.73 Å². The van der Waals surface area contributed by atoms with Crippen LogP contribution in [0.25, 0.3) is 0 Å². The molecule has 1 aromatic heterocycles. The Morgan fingerprint density at radius 1 is 1.45 bits per heavy atom. The number of carbonyl (C=O) groups is 1. The molecule has 104 valence electrons. The van der Waals surface area contributed by atoms with Crippen LogP contribution in [0.15, 0.2) is 28.8 Å². The van der Waals surface area contributed by atoms with Crippen LogP contribution in [0.1, 0.15) is 23.4 Å². The largest absolute Gasteiger partial charge is 0.482 e. The summed E-state index contributed by atoms with van der Waals surface area (Å²) >= 11 is 0. The molecule has 0 radical (unpaired) electrons. The predicted molar refractivity (Wildman–Crippen MR) is 68.7 cm³/mol. The molecular formula is C13H14N4O3. The SMILES string of the molecule is NC(=O)CNCc1nc(C2Cc3ccccc3O2)no1. The zero-order chi connectivity index (χ0) is 13.9. The molecule has 1 aliphatic heterocycles. The van der Waals surface area contributed by atoms with Gasteiger partial charge in [0.05, 0.1) is 13.1 Å². The quantitative estimate of drug-likeness (QED) is 0.814. The highest BCUT2D eigenvalue weighted by molar-refractivity contribution is 5.75. The van der Waals surface area contributed by atoms with Gasteiger partial charge in [-0.15, -0.1) is 0 Å². The van der Waals surface area contributed by atoms with Crippen LogP contribution in [0.5, 0.6) is 5.75 Å². The number of fused-ring (bicyclic) bond motifs is 1. The van der Waals surface area contributed by atoms with E-state index in [1.807, 2.05) is 24.3 Å². The van der Waals surface area contributed by atoms with E-state index in [0.717, 1.165) is 17.7 Å². The Balaban J connectivity index is 1.62. The van der Waals surface area contributed by atoms with Crippen molar-refractivity contribution < 1.29 is 14.1 Å². The molecule has 0 saturated carbocycles. The van der Waals surface area contributed by atoms with Crippen molar-refractivity contribution in [3.05, 3.63) is 41.5 Å². The normalized spacial score (nSPS) is 16.7. The molecule has 0 spiro atoms. The van der Waals surface area contributed by atoms with Crippen molar-refractivity contribution in [3.63, 3.8) is 0 Å². The van der Waals surface area contributed by atoms with Crippen LogP contribution in [-0.2, 0) is 17.8 Å². The Morgan fingerprint density at radius 3 is 3.10 bits per heavy atom. The minimum atomic E-state index is -0.431. The summed E-state index contributed by atoms with van der Waals surface area (Å²) in [6.45, 7) is 0.374. The number of ether oxygens (including phenoxy) is 1. The van der Waals surface area contributed by atoms with Gasteiger partial charge in [0, 0.05) is 6.42 Å². The van der Waals surface area contributed by atoms with Crippen LogP contribution < -0.4 is 15.8 Å². The minimum Gasteiger partial charge on any atom is -0.482 e. The molecule has 0 bridgehead atoms. The van der Waals surface area contributed by atoms with E-state index in [-0.39, 0.29) is 12.6 Å². The van der Waals surface area contributed by atoms with Crippen molar-refractivity contribution in [3.8, 4) is 5.75 Å². The number of rotatable bonds is 5. The number of benzene rings is 1.